The molecule has 6 heteroatoms. The number of hydrogen-bond donors (Lipinski definition) is 1. The van der Waals surface area contributed by atoms with E-state index in [1.54, 1.807) is 0 Å². The van der Waals surface area contributed by atoms with Crippen molar-refractivity contribution in [3.05, 3.63) is 53.3 Å². The van der Waals surface area contributed by atoms with Gasteiger partial charge in [-0.1, -0.05) is 30.3 Å². The molecule has 3 heterocycles. The van der Waals surface area contributed by atoms with Crippen molar-refractivity contribution in [1.29, 1.82) is 0 Å². The minimum atomic E-state index is 0.0560. The number of aromatic nitrogens is 2. The van der Waals surface area contributed by atoms with E-state index in [-0.39, 0.29) is 5.91 Å². The monoisotopic (exact) mass is 380 g/mol. The van der Waals surface area contributed by atoms with Gasteiger partial charge in [0.15, 0.2) is 0 Å². The van der Waals surface area contributed by atoms with E-state index >= 15 is 0 Å². The van der Waals surface area contributed by atoms with E-state index in [0.717, 1.165) is 51.5 Å². The first-order valence-electron chi connectivity index (χ1n) is 10.5. The predicted octanol–water partition coefficient (Wildman–Crippen LogP) is 2.65. The van der Waals surface area contributed by atoms with Gasteiger partial charge in [-0.2, -0.15) is 5.10 Å². The Hall–Kier alpha value is -2.18. The fourth-order valence-corrected chi connectivity index (χ4v) is 4.66. The van der Waals surface area contributed by atoms with E-state index in [1.807, 2.05) is 11.0 Å². The Balaban J connectivity index is 1.27. The van der Waals surface area contributed by atoms with E-state index < -0.39 is 0 Å². The van der Waals surface area contributed by atoms with Gasteiger partial charge in [0.25, 0.3) is 5.91 Å². The number of hydrogen-bond acceptors (Lipinski definition) is 4. The summed E-state index contributed by atoms with van der Waals surface area (Å²) < 4.78 is 5.91. The molecule has 6 nitrogen and oxygen atoms in total. The van der Waals surface area contributed by atoms with E-state index in [2.05, 4.69) is 45.4 Å². The average molecular weight is 380 g/mol. The first-order valence-corrected chi connectivity index (χ1v) is 10.5. The molecule has 1 saturated carbocycles. The Morgan fingerprint density at radius 3 is 2.86 bits per heavy atom. The number of carbonyl (C=O) groups is 1. The summed E-state index contributed by atoms with van der Waals surface area (Å²) in [5.74, 6) is 0.993. The lowest BCUT2D eigenvalue weighted by Crippen LogP contribution is -2.52. The summed E-state index contributed by atoms with van der Waals surface area (Å²) >= 11 is 0. The van der Waals surface area contributed by atoms with E-state index in [1.165, 1.54) is 18.4 Å². The third kappa shape index (κ3) is 3.71. The van der Waals surface area contributed by atoms with E-state index in [0.29, 0.717) is 23.6 Å². The summed E-state index contributed by atoms with van der Waals surface area (Å²) in [5, 5.41) is 7.35. The first-order chi connectivity index (χ1) is 13.8. The van der Waals surface area contributed by atoms with Crippen LogP contribution in [0.15, 0.2) is 36.4 Å². The van der Waals surface area contributed by atoms with Crippen LogP contribution in [0.3, 0.4) is 0 Å². The van der Waals surface area contributed by atoms with E-state index in [9.17, 15) is 4.79 Å². The quantitative estimate of drug-likeness (QED) is 0.886. The van der Waals surface area contributed by atoms with Crippen molar-refractivity contribution in [3.63, 3.8) is 0 Å². The number of amides is 1. The highest BCUT2D eigenvalue weighted by molar-refractivity contribution is 5.92. The molecule has 1 aromatic carbocycles. The van der Waals surface area contributed by atoms with Gasteiger partial charge in [-0.3, -0.25) is 14.8 Å². The fourth-order valence-electron chi connectivity index (χ4n) is 4.66. The number of aromatic amines is 1. The molecule has 0 unspecified atom stereocenters. The van der Waals surface area contributed by atoms with Crippen molar-refractivity contribution in [1.82, 2.24) is 20.0 Å². The second-order valence-electron chi connectivity index (χ2n) is 8.38. The van der Waals surface area contributed by atoms with Crippen molar-refractivity contribution >= 4 is 5.91 Å². The summed E-state index contributed by atoms with van der Waals surface area (Å²) in [5.41, 5.74) is 3.02. The summed E-state index contributed by atoms with van der Waals surface area (Å²) in [6.45, 7) is 4.93. The second-order valence-corrected chi connectivity index (χ2v) is 8.38. The van der Waals surface area contributed by atoms with Crippen LogP contribution in [0.4, 0.5) is 0 Å². The minimum absolute atomic E-state index is 0.0560. The molecule has 2 saturated heterocycles. The van der Waals surface area contributed by atoms with Gasteiger partial charge in [0.2, 0.25) is 0 Å². The molecule has 1 amide bonds. The molecule has 3 aliphatic rings. The topological polar surface area (TPSA) is 61.5 Å². The number of H-pyrrole nitrogens is 1. The Labute approximate surface area is 165 Å². The molecule has 0 bridgehead atoms. The predicted molar refractivity (Wildman–Crippen MR) is 106 cm³/mol. The third-order valence-electron chi connectivity index (χ3n) is 6.37. The van der Waals surface area contributed by atoms with Crippen LogP contribution in [-0.4, -0.2) is 64.8 Å². The highest BCUT2D eigenvalue weighted by Crippen LogP contribution is 2.39. The van der Waals surface area contributed by atoms with Gasteiger partial charge in [-0.05, 0) is 30.9 Å². The Kier molecular flexibility index (Phi) is 4.91. The summed E-state index contributed by atoms with van der Waals surface area (Å²) in [4.78, 5) is 17.5. The summed E-state index contributed by atoms with van der Waals surface area (Å²) in [6, 6.07) is 13.1. The summed E-state index contributed by atoms with van der Waals surface area (Å²) in [6.07, 6.45) is 3.41. The molecule has 1 aliphatic carbocycles. The van der Waals surface area contributed by atoms with Crippen LogP contribution in [0.2, 0.25) is 0 Å². The second kappa shape index (κ2) is 7.68. The van der Waals surface area contributed by atoms with Crippen LogP contribution in [0.25, 0.3) is 0 Å². The zero-order valence-corrected chi connectivity index (χ0v) is 16.2. The molecular formula is C22H28N4O2. The lowest BCUT2D eigenvalue weighted by molar-refractivity contribution is 0.0366. The van der Waals surface area contributed by atoms with Crippen molar-refractivity contribution < 1.29 is 9.53 Å². The van der Waals surface area contributed by atoms with Crippen LogP contribution in [0.5, 0.6) is 0 Å². The van der Waals surface area contributed by atoms with E-state index in [4.69, 9.17) is 4.74 Å². The Morgan fingerprint density at radius 1 is 1.18 bits per heavy atom. The number of rotatable bonds is 4. The van der Waals surface area contributed by atoms with Gasteiger partial charge in [0, 0.05) is 49.8 Å². The maximum Gasteiger partial charge on any atom is 0.274 e. The summed E-state index contributed by atoms with van der Waals surface area (Å²) in [7, 11) is 0. The smallest absolute Gasteiger partial charge is 0.274 e. The number of ether oxygens (including phenoxy) is 1. The number of nitrogens with one attached hydrogen (secondary N) is 1. The van der Waals surface area contributed by atoms with Crippen LogP contribution in [0, 0.1) is 5.92 Å². The lowest BCUT2D eigenvalue weighted by atomic mass is 9.91. The average Bonchev–Trinajstić information content (AvgIpc) is 3.50. The number of carbonyl (C=O) groups excluding carboxylic acids is 1. The van der Waals surface area contributed by atoms with Gasteiger partial charge in [0.05, 0.1) is 13.2 Å². The van der Waals surface area contributed by atoms with Crippen LogP contribution < -0.4 is 0 Å². The maximum atomic E-state index is 13.0. The number of benzene rings is 1. The van der Waals surface area contributed by atoms with Gasteiger partial charge >= 0.3 is 0 Å². The van der Waals surface area contributed by atoms with Gasteiger partial charge in [0.1, 0.15) is 5.69 Å². The molecule has 2 atom stereocenters. The molecule has 0 radical (unpaired) electrons. The normalized spacial score (nSPS) is 25.9. The standard InChI is InChI=1S/C22H28N4O2/c27-22(20-12-19(23-24-20)17-6-7-17)26-9-8-21-18(14-26)15-28-11-10-25(21)13-16-4-2-1-3-5-16/h1-5,12,17-18,21H,6-11,13-15H2,(H,23,24)/t18-,21-/m1/s1. The first kappa shape index (κ1) is 17.9. The molecule has 148 valence electrons. The maximum absolute atomic E-state index is 13.0. The molecule has 2 aliphatic heterocycles. The van der Waals surface area contributed by atoms with Gasteiger partial charge in [-0.25, -0.2) is 0 Å². The molecule has 0 spiro atoms. The SMILES string of the molecule is O=C(c1cc(C2CC2)[nH]n1)N1CC[C@@H]2[C@@H](COCCN2Cc2ccccc2)C1. The minimum Gasteiger partial charge on any atom is -0.380 e. The molecule has 1 aromatic heterocycles. The molecular weight excluding hydrogens is 352 g/mol. The van der Waals surface area contributed by atoms with Crippen LogP contribution in [-0.2, 0) is 11.3 Å². The van der Waals surface area contributed by atoms with Crippen molar-refractivity contribution in [2.75, 3.05) is 32.8 Å². The van der Waals surface area contributed by atoms with Gasteiger partial charge < -0.3 is 9.64 Å². The Morgan fingerprint density at radius 2 is 2.04 bits per heavy atom. The molecule has 1 N–H and O–H groups in total. The number of likely N-dealkylation sites (tertiary alicyclic amines) is 1. The zero-order valence-electron chi connectivity index (χ0n) is 16.2. The van der Waals surface area contributed by atoms with Crippen molar-refractivity contribution in [2.24, 2.45) is 5.92 Å². The lowest BCUT2D eigenvalue weighted by Gasteiger charge is -2.42. The largest absolute Gasteiger partial charge is 0.380 e. The molecule has 3 fully saturated rings. The molecule has 2 aromatic rings. The molecule has 5 rings (SSSR count). The fraction of sp³-hybridized carbons (Fsp3) is 0.545. The van der Waals surface area contributed by atoms with Crippen molar-refractivity contribution in [2.45, 2.75) is 37.8 Å². The van der Waals surface area contributed by atoms with Crippen LogP contribution in [0.1, 0.15) is 46.9 Å². The Bertz CT molecular complexity index is 817. The number of fused-ring (bicyclic) bond motifs is 1. The highest BCUT2D eigenvalue weighted by Gasteiger charge is 2.37. The van der Waals surface area contributed by atoms with Gasteiger partial charge in [-0.15, -0.1) is 0 Å². The van der Waals surface area contributed by atoms with Crippen molar-refractivity contribution in [3.8, 4) is 0 Å². The third-order valence-corrected chi connectivity index (χ3v) is 6.37. The van der Waals surface area contributed by atoms with Crippen LogP contribution >= 0.6 is 0 Å². The highest BCUT2D eigenvalue weighted by atomic mass is 16.5. The number of piperidine rings is 1. The molecule has 28 heavy (non-hydrogen) atoms. The zero-order chi connectivity index (χ0) is 18.9. The number of nitrogens with zero attached hydrogens (tertiary/aromatic N) is 3.